The second-order valence-electron chi connectivity index (χ2n) is 7.00. The Morgan fingerprint density at radius 2 is 1.87 bits per heavy atom. The second kappa shape index (κ2) is 9.49. The average Bonchev–Trinajstić information content (AvgIpc) is 3.05. The van der Waals surface area contributed by atoms with Crippen molar-refractivity contribution in [2.24, 2.45) is 4.99 Å². The molecule has 1 fully saturated rings. The normalized spacial score (nSPS) is 17.3. The molecule has 3 aromatic rings. The molecule has 31 heavy (non-hydrogen) atoms. The van der Waals surface area contributed by atoms with Crippen molar-refractivity contribution in [2.75, 3.05) is 11.9 Å². The van der Waals surface area contributed by atoms with Crippen molar-refractivity contribution < 1.29 is 9.59 Å². The third-order valence-corrected chi connectivity index (χ3v) is 6.52. The summed E-state index contributed by atoms with van der Waals surface area (Å²) in [7, 11) is 0. The first kappa shape index (κ1) is 21.3. The molecule has 0 radical (unpaired) electrons. The fourth-order valence-corrected chi connectivity index (χ4v) is 4.77. The van der Waals surface area contributed by atoms with E-state index in [0.29, 0.717) is 17.4 Å². The van der Waals surface area contributed by atoms with Gasteiger partial charge in [-0.1, -0.05) is 70.2 Å². The Balaban J connectivity index is 1.55. The number of fused-ring (bicyclic) bond motifs is 1. The number of hydrogen-bond donors (Lipinski definition) is 1. The minimum Gasteiger partial charge on any atom is -0.326 e. The van der Waals surface area contributed by atoms with Gasteiger partial charge < -0.3 is 5.32 Å². The molecule has 1 aliphatic rings. The zero-order valence-electron chi connectivity index (χ0n) is 16.6. The number of amidine groups is 1. The van der Waals surface area contributed by atoms with Gasteiger partial charge in [-0.2, -0.15) is 0 Å². The van der Waals surface area contributed by atoms with Crippen molar-refractivity contribution in [2.45, 2.75) is 11.7 Å². The monoisotopic (exact) mass is 493 g/mol. The van der Waals surface area contributed by atoms with E-state index in [1.165, 1.54) is 11.8 Å². The van der Waals surface area contributed by atoms with Gasteiger partial charge in [0.2, 0.25) is 11.8 Å². The molecule has 0 aliphatic carbocycles. The Hall–Kier alpha value is -2.90. The Morgan fingerprint density at radius 3 is 2.65 bits per heavy atom. The fourth-order valence-electron chi connectivity index (χ4n) is 3.34. The third kappa shape index (κ3) is 4.89. The maximum absolute atomic E-state index is 13.0. The van der Waals surface area contributed by atoms with Gasteiger partial charge in [0.05, 0.1) is 5.69 Å². The molecule has 5 nitrogen and oxygen atoms in total. The first-order chi connectivity index (χ1) is 15.0. The quantitative estimate of drug-likeness (QED) is 0.444. The zero-order chi connectivity index (χ0) is 21.8. The minimum atomic E-state index is -0.524. The minimum absolute atomic E-state index is 0.0712. The van der Waals surface area contributed by atoms with Gasteiger partial charge >= 0.3 is 0 Å². The summed E-state index contributed by atoms with van der Waals surface area (Å²) in [6.45, 7) is 4.11. The number of nitrogens with zero attached hydrogens (tertiary/aromatic N) is 2. The van der Waals surface area contributed by atoms with Crippen LogP contribution >= 0.6 is 27.7 Å². The second-order valence-corrected chi connectivity index (χ2v) is 9.08. The summed E-state index contributed by atoms with van der Waals surface area (Å²) in [5, 5.41) is 5.01. The van der Waals surface area contributed by atoms with Crippen LogP contribution in [0.4, 0.5) is 11.4 Å². The fraction of sp³-hybridized carbons (Fsp3) is 0.125. The molecule has 1 N–H and O–H groups in total. The Morgan fingerprint density at radius 1 is 1.13 bits per heavy atom. The van der Waals surface area contributed by atoms with Crippen molar-refractivity contribution in [1.82, 2.24) is 4.90 Å². The number of nitrogens with one attached hydrogen (secondary N) is 1. The molecule has 2 amide bonds. The molecular formula is C24H20BrN3O2S. The van der Waals surface area contributed by atoms with Gasteiger partial charge in [0.15, 0.2) is 5.17 Å². The van der Waals surface area contributed by atoms with Crippen molar-refractivity contribution in [3.63, 3.8) is 0 Å². The van der Waals surface area contributed by atoms with Gasteiger partial charge in [0.1, 0.15) is 5.25 Å². The van der Waals surface area contributed by atoms with Crippen LogP contribution in [0.15, 0.2) is 88.9 Å². The van der Waals surface area contributed by atoms with E-state index in [1.807, 2.05) is 66.7 Å². The highest BCUT2D eigenvalue weighted by Crippen LogP contribution is 2.34. The largest absolute Gasteiger partial charge is 0.326 e. The highest BCUT2D eigenvalue weighted by molar-refractivity contribution is 9.10. The van der Waals surface area contributed by atoms with E-state index in [0.717, 1.165) is 20.9 Å². The summed E-state index contributed by atoms with van der Waals surface area (Å²) in [6.07, 6.45) is 1.74. The summed E-state index contributed by atoms with van der Waals surface area (Å²) in [5.41, 5.74) is 1.48. The highest BCUT2D eigenvalue weighted by atomic mass is 79.9. The van der Waals surface area contributed by atoms with Crippen molar-refractivity contribution in [1.29, 1.82) is 0 Å². The molecule has 0 unspecified atom stereocenters. The lowest BCUT2D eigenvalue weighted by molar-refractivity contribution is -0.127. The summed E-state index contributed by atoms with van der Waals surface area (Å²) in [5.74, 6) is -0.340. The number of hydrogen-bond acceptors (Lipinski definition) is 4. The van der Waals surface area contributed by atoms with E-state index in [4.69, 9.17) is 4.99 Å². The summed E-state index contributed by atoms with van der Waals surface area (Å²) in [4.78, 5) is 31.9. The van der Waals surface area contributed by atoms with Gasteiger partial charge in [-0.25, -0.2) is 4.99 Å². The van der Waals surface area contributed by atoms with Crippen molar-refractivity contribution >= 4 is 66.8 Å². The SMILES string of the molecule is C=CCN1C(=O)[C@@H](CC(=O)Nc2ccc(Br)cc2)SC1=Nc1cccc2ccccc12. The van der Waals surface area contributed by atoms with Crippen LogP contribution in [-0.4, -0.2) is 33.7 Å². The number of aliphatic imine (C=N–C) groups is 1. The van der Waals surface area contributed by atoms with E-state index in [-0.39, 0.29) is 18.2 Å². The Bertz CT molecular complexity index is 1170. The van der Waals surface area contributed by atoms with Gasteiger partial charge in [-0.3, -0.25) is 14.5 Å². The predicted octanol–water partition coefficient (Wildman–Crippen LogP) is 5.75. The van der Waals surface area contributed by atoms with E-state index in [9.17, 15) is 9.59 Å². The number of amides is 2. The van der Waals surface area contributed by atoms with Crippen LogP contribution in [0.3, 0.4) is 0 Å². The molecule has 1 heterocycles. The lowest BCUT2D eigenvalue weighted by Gasteiger charge is -2.14. The van der Waals surface area contributed by atoms with Crippen LogP contribution in [0, 0.1) is 0 Å². The average molecular weight is 494 g/mol. The summed E-state index contributed by atoms with van der Waals surface area (Å²) < 4.78 is 0.932. The first-order valence-corrected chi connectivity index (χ1v) is 11.4. The number of rotatable bonds is 6. The van der Waals surface area contributed by atoms with Gasteiger partial charge in [0.25, 0.3) is 0 Å². The topological polar surface area (TPSA) is 61.8 Å². The van der Waals surface area contributed by atoms with E-state index in [2.05, 4.69) is 27.8 Å². The number of benzene rings is 3. The third-order valence-electron chi connectivity index (χ3n) is 4.81. The number of halogens is 1. The molecule has 1 aliphatic heterocycles. The zero-order valence-corrected chi connectivity index (χ0v) is 19.0. The molecule has 0 saturated carbocycles. The standard InChI is InChI=1S/C24H20BrN3O2S/c1-2-14-28-23(30)21(15-22(29)26-18-12-10-17(25)11-13-18)31-24(28)27-20-9-5-7-16-6-3-4-8-19(16)20/h2-13,21H,1,14-15H2,(H,26,29)/t21-/m1/s1. The predicted molar refractivity (Wildman–Crippen MR) is 132 cm³/mol. The number of thioether (sulfide) groups is 1. The smallest absolute Gasteiger partial charge is 0.242 e. The molecule has 1 saturated heterocycles. The van der Waals surface area contributed by atoms with Gasteiger partial charge in [-0.15, -0.1) is 6.58 Å². The van der Waals surface area contributed by atoms with Crippen LogP contribution in [-0.2, 0) is 9.59 Å². The number of carbonyl (C=O) groups excluding carboxylic acids is 2. The maximum Gasteiger partial charge on any atom is 0.242 e. The molecule has 1 atom stereocenters. The van der Waals surface area contributed by atoms with Crippen LogP contribution in [0.2, 0.25) is 0 Å². The van der Waals surface area contributed by atoms with E-state index < -0.39 is 5.25 Å². The Labute approximate surface area is 193 Å². The maximum atomic E-state index is 13.0. The van der Waals surface area contributed by atoms with E-state index in [1.54, 1.807) is 11.0 Å². The summed E-state index contributed by atoms with van der Waals surface area (Å²) in [6, 6.07) is 21.2. The van der Waals surface area contributed by atoms with Gasteiger partial charge in [0, 0.05) is 28.5 Å². The molecule has 0 spiro atoms. The number of carbonyl (C=O) groups is 2. The molecule has 156 valence electrons. The molecule has 7 heteroatoms. The van der Waals surface area contributed by atoms with Gasteiger partial charge in [-0.05, 0) is 35.7 Å². The molecule has 0 bridgehead atoms. The van der Waals surface area contributed by atoms with Crippen LogP contribution in [0.25, 0.3) is 10.8 Å². The molecule has 4 rings (SSSR count). The summed E-state index contributed by atoms with van der Waals surface area (Å²) >= 11 is 4.69. The van der Waals surface area contributed by atoms with Crippen molar-refractivity contribution in [3.8, 4) is 0 Å². The van der Waals surface area contributed by atoms with E-state index >= 15 is 0 Å². The Kier molecular flexibility index (Phi) is 6.53. The lowest BCUT2D eigenvalue weighted by Crippen LogP contribution is -2.33. The number of anilines is 1. The first-order valence-electron chi connectivity index (χ1n) is 9.76. The van der Waals surface area contributed by atoms with Crippen LogP contribution in [0.1, 0.15) is 6.42 Å². The molecule has 3 aromatic carbocycles. The molecule has 0 aromatic heterocycles. The molecular weight excluding hydrogens is 474 g/mol. The lowest BCUT2D eigenvalue weighted by atomic mass is 10.1. The van der Waals surface area contributed by atoms with Crippen LogP contribution in [0.5, 0.6) is 0 Å². The van der Waals surface area contributed by atoms with Crippen molar-refractivity contribution in [3.05, 3.63) is 83.9 Å². The highest BCUT2D eigenvalue weighted by Gasteiger charge is 2.38. The van der Waals surface area contributed by atoms with Crippen LogP contribution < -0.4 is 5.32 Å².